The van der Waals surface area contributed by atoms with E-state index in [2.05, 4.69) is 5.32 Å². The van der Waals surface area contributed by atoms with E-state index in [0.717, 1.165) is 9.87 Å². The van der Waals surface area contributed by atoms with Crippen LogP contribution in [0.5, 0.6) is 0 Å². The number of sulfonamides is 1. The lowest BCUT2D eigenvalue weighted by atomic mass is 10.0. The molecule has 0 heterocycles. The molecule has 0 spiro atoms. The Hall–Kier alpha value is -4.21. The minimum Gasteiger partial charge on any atom is -0.352 e. The van der Waals surface area contributed by atoms with Crippen molar-refractivity contribution < 1.29 is 22.4 Å². The van der Waals surface area contributed by atoms with Gasteiger partial charge in [-0.15, -0.1) is 0 Å². The highest BCUT2D eigenvalue weighted by Crippen LogP contribution is 2.27. The quantitative estimate of drug-likeness (QED) is 0.189. The second-order valence-electron chi connectivity index (χ2n) is 10.4. The Balaban J connectivity index is 1.81. The van der Waals surface area contributed by atoms with Crippen molar-refractivity contribution in [3.63, 3.8) is 0 Å². The van der Waals surface area contributed by atoms with Crippen LogP contribution in [-0.4, -0.2) is 43.8 Å². The van der Waals surface area contributed by atoms with Gasteiger partial charge in [-0.25, -0.2) is 12.8 Å². The van der Waals surface area contributed by atoms with Gasteiger partial charge in [0.25, 0.3) is 10.0 Å². The Labute approximate surface area is 263 Å². The standard InChI is InChI=1S/C34H35ClFN3O4S/c1-3-25(2)37-34(41)32(21-26-13-6-4-7-14-26)38(23-27-15-10-11-20-31(27)36)33(40)24-39(29-17-12-16-28(35)22-29)44(42,43)30-18-8-5-9-19-30/h4-20,22,25,32H,3,21,23-24H2,1-2H3,(H,37,41)/t25-,32+/m1/s1. The molecule has 0 fully saturated rings. The van der Waals surface area contributed by atoms with Crippen molar-refractivity contribution in [1.29, 1.82) is 0 Å². The summed E-state index contributed by atoms with van der Waals surface area (Å²) >= 11 is 6.24. The molecular weight excluding hydrogens is 601 g/mol. The van der Waals surface area contributed by atoms with Crippen LogP contribution >= 0.6 is 11.6 Å². The lowest BCUT2D eigenvalue weighted by molar-refractivity contribution is -0.140. The molecule has 0 aliphatic rings. The second kappa shape index (κ2) is 15.0. The minimum atomic E-state index is -4.26. The van der Waals surface area contributed by atoms with Crippen molar-refractivity contribution in [3.8, 4) is 0 Å². The Kier molecular flexibility index (Phi) is 11.1. The largest absolute Gasteiger partial charge is 0.352 e. The molecule has 0 saturated heterocycles. The van der Waals surface area contributed by atoms with Gasteiger partial charge in [0.2, 0.25) is 11.8 Å². The molecule has 10 heteroatoms. The summed E-state index contributed by atoms with van der Waals surface area (Å²) in [5, 5.41) is 3.24. The molecule has 0 aliphatic heterocycles. The molecule has 4 rings (SSSR count). The molecule has 0 saturated carbocycles. The van der Waals surface area contributed by atoms with Gasteiger partial charge in [0.1, 0.15) is 18.4 Å². The van der Waals surface area contributed by atoms with Crippen molar-refractivity contribution in [2.45, 2.75) is 50.2 Å². The molecule has 7 nitrogen and oxygen atoms in total. The molecule has 4 aromatic carbocycles. The maximum Gasteiger partial charge on any atom is 0.264 e. The van der Waals surface area contributed by atoms with E-state index < -0.39 is 40.2 Å². The molecular formula is C34H35ClFN3O4S. The van der Waals surface area contributed by atoms with Crippen LogP contribution in [0.2, 0.25) is 5.02 Å². The molecule has 0 unspecified atom stereocenters. The summed E-state index contributed by atoms with van der Waals surface area (Å²) in [6, 6.07) is 27.8. The van der Waals surface area contributed by atoms with Crippen molar-refractivity contribution in [1.82, 2.24) is 10.2 Å². The Morgan fingerprint density at radius 2 is 1.52 bits per heavy atom. The Morgan fingerprint density at radius 1 is 0.886 bits per heavy atom. The van der Waals surface area contributed by atoms with Crippen LogP contribution in [0.1, 0.15) is 31.4 Å². The van der Waals surface area contributed by atoms with Gasteiger partial charge in [-0.2, -0.15) is 0 Å². The fourth-order valence-electron chi connectivity index (χ4n) is 4.68. The summed E-state index contributed by atoms with van der Waals surface area (Å²) in [6.07, 6.45) is 0.787. The molecule has 2 atom stereocenters. The summed E-state index contributed by atoms with van der Waals surface area (Å²) in [4.78, 5) is 29.4. The monoisotopic (exact) mass is 635 g/mol. The predicted octanol–water partition coefficient (Wildman–Crippen LogP) is 6.23. The van der Waals surface area contributed by atoms with Gasteiger partial charge < -0.3 is 10.2 Å². The smallest absolute Gasteiger partial charge is 0.264 e. The number of nitrogens with one attached hydrogen (secondary N) is 1. The van der Waals surface area contributed by atoms with E-state index in [1.165, 1.54) is 47.4 Å². The number of halogens is 2. The van der Waals surface area contributed by atoms with Gasteiger partial charge in [-0.1, -0.05) is 91.3 Å². The van der Waals surface area contributed by atoms with Gasteiger partial charge in [0.05, 0.1) is 10.6 Å². The van der Waals surface area contributed by atoms with E-state index in [-0.39, 0.29) is 40.2 Å². The first kappa shape index (κ1) is 32.7. The molecule has 230 valence electrons. The van der Waals surface area contributed by atoms with Crippen LogP contribution < -0.4 is 9.62 Å². The average Bonchev–Trinajstić information content (AvgIpc) is 3.03. The van der Waals surface area contributed by atoms with Crippen LogP contribution in [0.25, 0.3) is 0 Å². The van der Waals surface area contributed by atoms with Gasteiger partial charge in [0, 0.05) is 29.6 Å². The Morgan fingerprint density at radius 3 is 2.16 bits per heavy atom. The summed E-state index contributed by atoms with van der Waals surface area (Å²) in [5.41, 5.74) is 1.14. The van der Waals surface area contributed by atoms with Gasteiger partial charge in [-0.05, 0) is 55.3 Å². The minimum absolute atomic E-state index is 0.0243. The second-order valence-corrected chi connectivity index (χ2v) is 12.7. The lowest BCUT2D eigenvalue weighted by Crippen LogP contribution is -2.54. The molecule has 0 bridgehead atoms. The van der Waals surface area contributed by atoms with Crippen LogP contribution in [0, 0.1) is 5.82 Å². The molecule has 4 aromatic rings. The summed E-state index contributed by atoms with van der Waals surface area (Å²) in [6.45, 7) is 2.87. The third-order valence-electron chi connectivity index (χ3n) is 7.28. The molecule has 0 aliphatic carbocycles. The van der Waals surface area contributed by atoms with E-state index in [1.54, 1.807) is 36.4 Å². The maximum atomic E-state index is 15.0. The number of amides is 2. The highest BCUT2D eigenvalue weighted by Gasteiger charge is 2.35. The van der Waals surface area contributed by atoms with Crippen molar-refractivity contribution in [3.05, 3.63) is 131 Å². The number of rotatable bonds is 13. The van der Waals surface area contributed by atoms with Crippen LogP contribution in [0.3, 0.4) is 0 Å². The van der Waals surface area contributed by atoms with E-state index in [4.69, 9.17) is 11.6 Å². The zero-order chi connectivity index (χ0) is 31.7. The fraction of sp³-hybridized carbons (Fsp3) is 0.235. The number of carbonyl (C=O) groups is 2. The first-order valence-electron chi connectivity index (χ1n) is 14.3. The summed E-state index contributed by atoms with van der Waals surface area (Å²) in [7, 11) is -4.26. The van der Waals surface area contributed by atoms with E-state index >= 15 is 0 Å². The number of benzene rings is 4. The molecule has 0 radical (unpaired) electrons. The van der Waals surface area contributed by atoms with Crippen LogP contribution in [0.15, 0.2) is 114 Å². The molecule has 1 N–H and O–H groups in total. The number of anilines is 1. The molecule has 44 heavy (non-hydrogen) atoms. The number of hydrogen-bond acceptors (Lipinski definition) is 4. The number of carbonyl (C=O) groups excluding carboxylic acids is 2. The van der Waals surface area contributed by atoms with Crippen LogP contribution in [0.4, 0.5) is 10.1 Å². The number of hydrogen-bond donors (Lipinski definition) is 1. The zero-order valence-electron chi connectivity index (χ0n) is 24.6. The summed E-state index contributed by atoms with van der Waals surface area (Å²) < 4.78 is 43.9. The third-order valence-corrected chi connectivity index (χ3v) is 9.30. The first-order chi connectivity index (χ1) is 21.1. The van der Waals surface area contributed by atoms with Gasteiger partial charge in [-0.3, -0.25) is 13.9 Å². The molecule has 0 aromatic heterocycles. The van der Waals surface area contributed by atoms with Crippen molar-refractivity contribution in [2.24, 2.45) is 0 Å². The zero-order valence-corrected chi connectivity index (χ0v) is 26.1. The van der Waals surface area contributed by atoms with E-state index in [1.807, 2.05) is 44.2 Å². The van der Waals surface area contributed by atoms with Crippen molar-refractivity contribution in [2.75, 3.05) is 10.8 Å². The predicted molar refractivity (Wildman–Crippen MR) is 171 cm³/mol. The van der Waals surface area contributed by atoms with E-state index in [0.29, 0.717) is 6.42 Å². The van der Waals surface area contributed by atoms with Crippen LogP contribution in [-0.2, 0) is 32.6 Å². The van der Waals surface area contributed by atoms with Crippen molar-refractivity contribution >= 4 is 39.1 Å². The Bertz CT molecular complexity index is 1670. The third kappa shape index (κ3) is 8.24. The highest BCUT2D eigenvalue weighted by atomic mass is 35.5. The fourth-order valence-corrected chi connectivity index (χ4v) is 6.30. The normalized spacial score (nSPS) is 12.6. The first-order valence-corrected chi connectivity index (χ1v) is 16.1. The summed E-state index contributed by atoms with van der Waals surface area (Å²) in [5.74, 6) is -1.66. The topological polar surface area (TPSA) is 86.8 Å². The molecule has 2 amide bonds. The lowest BCUT2D eigenvalue weighted by Gasteiger charge is -2.34. The van der Waals surface area contributed by atoms with Gasteiger partial charge in [0.15, 0.2) is 0 Å². The highest BCUT2D eigenvalue weighted by molar-refractivity contribution is 7.92. The number of nitrogens with zero attached hydrogens (tertiary/aromatic N) is 2. The van der Waals surface area contributed by atoms with Gasteiger partial charge >= 0.3 is 0 Å². The maximum absolute atomic E-state index is 15.0. The average molecular weight is 636 g/mol. The van der Waals surface area contributed by atoms with E-state index in [9.17, 15) is 22.4 Å². The SMILES string of the molecule is CC[C@@H](C)NC(=O)[C@H](Cc1ccccc1)N(Cc1ccccc1F)C(=O)CN(c1cccc(Cl)c1)S(=O)(=O)c1ccccc1.